The van der Waals surface area contributed by atoms with E-state index < -0.39 is 0 Å². The van der Waals surface area contributed by atoms with Crippen molar-refractivity contribution in [3.8, 4) is 0 Å². The quantitative estimate of drug-likeness (QED) is 0.943. The van der Waals surface area contributed by atoms with E-state index in [0.29, 0.717) is 17.7 Å². The van der Waals surface area contributed by atoms with Gasteiger partial charge in [0.15, 0.2) is 0 Å². The van der Waals surface area contributed by atoms with Gasteiger partial charge in [0.2, 0.25) is 5.91 Å². The zero-order valence-corrected chi connectivity index (χ0v) is 13.1. The highest BCUT2D eigenvalue weighted by Crippen LogP contribution is 2.14. The van der Waals surface area contributed by atoms with E-state index in [9.17, 15) is 9.59 Å². The molecule has 0 radical (unpaired) electrons. The number of aryl methyl sites for hydroxylation is 1. The first-order valence-electron chi connectivity index (χ1n) is 7.13. The first-order chi connectivity index (χ1) is 10.5. The van der Waals surface area contributed by atoms with E-state index >= 15 is 0 Å². The summed E-state index contributed by atoms with van der Waals surface area (Å²) in [6, 6.07) is 14.8. The van der Waals surface area contributed by atoms with E-state index in [1.165, 1.54) is 4.90 Å². The van der Waals surface area contributed by atoms with E-state index in [-0.39, 0.29) is 11.8 Å². The van der Waals surface area contributed by atoms with Gasteiger partial charge in [-0.2, -0.15) is 0 Å². The molecule has 0 atom stereocenters. The zero-order chi connectivity index (χ0) is 16.1. The second-order valence-corrected chi connectivity index (χ2v) is 5.43. The van der Waals surface area contributed by atoms with Gasteiger partial charge in [-0.15, -0.1) is 0 Å². The SMILES string of the molecule is Cc1ccccc1CC(=O)Nc1cccc(C(=O)N(C)C)c1. The monoisotopic (exact) mass is 296 g/mol. The van der Waals surface area contributed by atoms with Crippen LogP contribution in [0.5, 0.6) is 0 Å². The predicted octanol–water partition coefficient (Wildman–Crippen LogP) is 2.88. The summed E-state index contributed by atoms with van der Waals surface area (Å²) in [5.41, 5.74) is 3.28. The van der Waals surface area contributed by atoms with Crippen molar-refractivity contribution < 1.29 is 9.59 Å². The van der Waals surface area contributed by atoms with Crippen LogP contribution in [-0.2, 0) is 11.2 Å². The Balaban J connectivity index is 2.08. The zero-order valence-electron chi connectivity index (χ0n) is 13.1. The molecule has 114 valence electrons. The summed E-state index contributed by atoms with van der Waals surface area (Å²) in [5.74, 6) is -0.182. The fraction of sp³-hybridized carbons (Fsp3) is 0.222. The van der Waals surface area contributed by atoms with Crippen LogP contribution in [0.3, 0.4) is 0 Å². The summed E-state index contributed by atoms with van der Waals surface area (Å²) in [7, 11) is 3.40. The average molecular weight is 296 g/mol. The molecule has 0 aliphatic heterocycles. The summed E-state index contributed by atoms with van der Waals surface area (Å²) in [4.78, 5) is 25.6. The minimum absolute atomic E-state index is 0.0880. The van der Waals surface area contributed by atoms with Crippen molar-refractivity contribution in [1.29, 1.82) is 0 Å². The summed E-state index contributed by atoms with van der Waals surface area (Å²) in [6.45, 7) is 1.99. The molecule has 0 bridgehead atoms. The third-order valence-corrected chi connectivity index (χ3v) is 3.41. The molecule has 2 aromatic carbocycles. The van der Waals surface area contributed by atoms with Gasteiger partial charge in [0, 0.05) is 25.3 Å². The Kier molecular flexibility index (Phi) is 4.94. The Labute approximate surface area is 130 Å². The maximum atomic E-state index is 12.1. The molecule has 0 saturated carbocycles. The number of hydrogen-bond donors (Lipinski definition) is 1. The van der Waals surface area contributed by atoms with Crippen molar-refractivity contribution in [3.63, 3.8) is 0 Å². The van der Waals surface area contributed by atoms with Crippen molar-refractivity contribution in [2.45, 2.75) is 13.3 Å². The van der Waals surface area contributed by atoms with Gasteiger partial charge in [0.05, 0.1) is 6.42 Å². The first-order valence-corrected chi connectivity index (χ1v) is 7.13. The second-order valence-electron chi connectivity index (χ2n) is 5.43. The molecule has 2 rings (SSSR count). The predicted molar refractivity (Wildman–Crippen MR) is 88.0 cm³/mol. The van der Waals surface area contributed by atoms with Crippen molar-refractivity contribution in [2.24, 2.45) is 0 Å². The number of anilines is 1. The molecule has 4 nitrogen and oxygen atoms in total. The van der Waals surface area contributed by atoms with Gasteiger partial charge >= 0.3 is 0 Å². The third kappa shape index (κ3) is 3.95. The summed E-state index contributed by atoms with van der Waals surface area (Å²) < 4.78 is 0. The standard InChI is InChI=1S/C18H20N2O2/c1-13-7-4-5-8-14(13)12-17(21)19-16-10-6-9-15(11-16)18(22)20(2)3/h4-11H,12H2,1-3H3,(H,19,21). The van der Waals surface area contributed by atoms with Gasteiger partial charge in [0.25, 0.3) is 5.91 Å². The fourth-order valence-electron chi connectivity index (χ4n) is 2.17. The van der Waals surface area contributed by atoms with Crippen LogP contribution in [0.1, 0.15) is 21.5 Å². The third-order valence-electron chi connectivity index (χ3n) is 3.41. The molecule has 0 aromatic heterocycles. The molecule has 4 heteroatoms. The number of hydrogen-bond acceptors (Lipinski definition) is 2. The van der Waals surface area contributed by atoms with Crippen LogP contribution in [0.4, 0.5) is 5.69 Å². The van der Waals surface area contributed by atoms with E-state index in [2.05, 4.69) is 5.32 Å². The molecule has 2 amide bonds. The molecule has 0 aliphatic carbocycles. The van der Waals surface area contributed by atoms with Crippen molar-refractivity contribution in [3.05, 3.63) is 65.2 Å². The van der Waals surface area contributed by atoms with E-state index in [1.807, 2.05) is 31.2 Å². The molecule has 0 aliphatic rings. The van der Waals surface area contributed by atoms with Crippen LogP contribution >= 0.6 is 0 Å². The highest BCUT2D eigenvalue weighted by molar-refractivity contribution is 5.97. The van der Waals surface area contributed by atoms with Gasteiger partial charge in [-0.1, -0.05) is 30.3 Å². The van der Waals surface area contributed by atoms with Crippen molar-refractivity contribution >= 4 is 17.5 Å². The molecular weight excluding hydrogens is 276 g/mol. The second kappa shape index (κ2) is 6.89. The Hall–Kier alpha value is -2.62. The van der Waals surface area contributed by atoms with Crippen LogP contribution < -0.4 is 5.32 Å². The molecule has 0 unspecified atom stereocenters. The maximum Gasteiger partial charge on any atom is 0.253 e. The number of nitrogens with zero attached hydrogens (tertiary/aromatic N) is 1. The largest absolute Gasteiger partial charge is 0.345 e. The number of benzene rings is 2. The fourth-order valence-corrected chi connectivity index (χ4v) is 2.17. The highest BCUT2D eigenvalue weighted by atomic mass is 16.2. The number of carbonyl (C=O) groups excluding carboxylic acids is 2. The van der Waals surface area contributed by atoms with E-state index in [0.717, 1.165) is 11.1 Å². The van der Waals surface area contributed by atoms with Crippen LogP contribution in [-0.4, -0.2) is 30.8 Å². The van der Waals surface area contributed by atoms with Gasteiger partial charge in [-0.25, -0.2) is 0 Å². The lowest BCUT2D eigenvalue weighted by Crippen LogP contribution is -2.22. The lowest BCUT2D eigenvalue weighted by molar-refractivity contribution is -0.115. The van der Waals surface area contributed by atoms with Gasteiger partial charge < -0.3 is 10.2 Å². The van der Waals surface area contributed by atoms with Crippen LogP contribution in [0.2, 0.25) is 0 Å². The van der Waals surface area contributed by atoms with Gasteiger partial charge in [-0.3, -0.25) is 9.59 Å². The summed E-state index contributed by atoms with van der Waals surface area (Å²) >= 11 is 0. The van der Waals surface area contributed by atoms with E-state index in [1.54, 1.807) is 38.4 Å². The van der Waals surface area contributed by atoms with Gasteiger partial charge in [-0.05, 0) is 36.2 Å². The average Bonchev–Trinajstić information content (AvgIpc) is 2.49. The molecule has 2 aromatic rings. The normalized spacial score (nSPS) is 10.1. The number of carbonyl (C=O) groups is 2. The minimum Gasteiger partial charge on any atom is -0.345 e. The van der Waals surface area contributed by atoms with Crippen LogP contribution in [0.25, 0.3) is 0 Å². The Morgan fingerprint density at radius 2 is 1.77 bits per heavy atom. The number of amides is 2. The minimum atomic E-state index is -0.0937. The van der Waals surface area contributed by atoms with Crippen molar-refractivity contribution in [1.82, 2.24) is 4.90 Å². The number of rotatable bonds is 4. The van der Waals surface area contributed by atoms with E-state index in [4.69, 9.17) is 0 Å². The lowest BCUT2D eigenvalue weighted by Gasteiger charge is -2.12. The van der Waals surface area contributed by atoms with Crippen molar-refractivity contribution in [2.75, 3.05) is 19.4 Å². The molecule has 0 saturated heterocycles. The first kappa shape index (κ1) is 15.8. The molecule has 22 heavy (non-hydrogen) atoms. The molecular formula is C18H20N2O2. The molecule has 0 fully saturated rings. The topological polar surface area (TPSA) is 49.4 Å². The molecule has 0 spiro atoms. The molecule has 1 N–H and O–H groups in total. The maximum absolute atomic E-state index is 12.1. The summed E-state index contributed by atoms with van der Waals surface area (Å²) in [6.07, 6.45) is 0.318. The molecule has 0 heterocycles. The Morgan fingerprint density at radius 3 is 2.45 bits per heavy atom. The lowest BCUT2D eigenvalue weighted by atomic mass is 10.1. The van der Waals surface area contributed by atoms with Crippen LogP contribution in [0, 0.1) is 6.92 Å². The number of nitrogens with one attached hydrogen (secondary N) is 1. The smallest absolute Gasteiger partial charge is 0.253 e. The Morgan fingerprint density at radius 1 is 1.05 bits per heavy atom. The van der Waals surface area contributed by atoms with Crippen LogP contribution in [0.15, 0.2) is 48.5 Å². The van der Waals surface area contributed by atoms with Gasteiger partial charge in [0.1, 0.15) is 0 Å². The highest BCUT2D eigenvalue weighted by Gasteiger charge is 2.10. The Bertz CT molecular complexity index is 693. The summed E-state index contributed by atoms with van der Waals surface area (Å²) in [5, 5.41) is 2.84.